The number of nitrogens with two attached hydrogens (primary N) is 1. The maximum atomic E-state index is 11.0. The molecular formula is C15H22ClN3O2. The Balaban J connectivity index is 2.10. The molecule has 0 saturated heterocycles. The smallest absolute Gasteiger partial charge is 0.288 e. The number of nitro benzene ring substituents is 1. The monoisotopic (exact) mass is 311 g/mol. The van der Waals surface area contributed by atoms with Gasteiger partial charge in [-0.05, 0) is 44.0 Å². The summed E-state index contributed by atoms with van der Waals surface area (Å²) in [5.74, 6) is 0.519. The van der Waals surface area contributed by atoms with E-state index >= 15 is 0 Å². The predicted molar refractivity (Wildman–Crippen MR) is 84.4 cm³/mol. The summed E-state index contributed by atoms with van der Waals surface area (Å²) in [6.07, 6.45) is 4.80. The summed E-state index contributed by atoms with van der Waals surface area (Å²) in [6, 6.07) is 5.48. The van der Waals surface area contributed by atoms with Gasteiger partial charge in [-0.25, -0.2) is 0 Å². The van der Waals surface area contributed by atoms with Gasteiger partial charge in [0.05, 0.1) is 4.92 Å². The van der Waals surface area contributed by atoms with E-state index in [0.29, 0.717) is 25.0 Å². The van der Waals surface area contributed by atoms with E-state index in [4.69, 9.17) is 17.3 Å². The van der Waals surface area contributed by atoms with E-state index in [1.165, 1.54) is 19.3 Å². The van der Waals surface area contributed by atoms with Gasteiger partial charge >= 0.3 is 0 Å². The summed E-state index contributed by atoms with van der Waals surface area (Å²) in [7, 11) is 2.07. The van der Waals surface area contributed by atoms with Crippen LogP contribution in [0.15, 0.2) is 18.2 Å². The average molecular weight is 312 g/mol. The molecule has 5 nitrogen and oxygen atoms in total. The summed E-state index contributed by atoms with van der Waals surface area (Å²) in [6.45, 7) is 1.38. The van der Waals surface area contributed by atoms with E-state index < -0.39 is 4.92 Å². The molecule has 21 heavy (non-hydrogen) atoms. The molecule has 2 N–H and O–H groups in total. The summed E-state index contributed by atoms with van der Waals surface area (Å²) in [5.41, 5.74) is 6.76. The number of hydrogen-bond donors (Lipinski definition) is 1. The predicted octanol–water partition coefficient (Wildman–Crippen LogP) is 3.20. The van der Waals surface area contributed by atoms with Crippen LogP contribution in [-0.2, 0) is 6.54 Å². The Hall–Kier alpha value is -1.17. The molecule has 1 saturated carbocycles. The second kappa shape index (κ2) is 7.20. The third-order valence-electron chi connectivity index (χ3n) is 4.38. The van der Waals surface area contributed by atoms with Crippen LogP contribution in [-0.4, -0.2) is 29.5 Å². The number of benzene rings is 1. The largest absolute Gasteiger partial charge is 0.330 e. The highest BCUT2D eigenvalue weighted by molar-refractivity contribution is 6.32. The van der Waals surface area contributed by atoms with Gasteiger partial charge in [0.2, 0.25) is 0 Å². The van der Waals surface area contributed by atoms with Crippen LogP contribution in [0.2, 0.25) is 5.02 Å². The second-order valence-corrected chi connectivity index (χ2v) is 6.21. The van der Waals surface area contributed by atoms with Crippen molar-refractivity contribution < 1.29 is 4.92 Å². The van der Waals surface area contributed by atoms with Crippen LogP contribution in [0.25, 0.3) is 0 Å². The van der Waals surface area contributed by atoms with E-state index in [9.17, 15) is 10.1 Å². The van der Waals surface area contributed by atoms with Crippen LogP contribution in [0.3, 0.4) is 0 Å². The summed E-state index contributed by atoms with van der Waals surface area (Å²) in [5, 5.41) is 11.1. The van der Waals surface area contributed by atoms with Gasteiger partial charge in [-0.1, -0.05) is 30.5 Å². The van der Waals surface area contributed by atoms with Crippen molar-refractivity contribution in [1.29, 1.82) is 0 Å². The number of nitrogens with zero attached hydrogens (tertiary/aromatic N) is 2. The molecule has 6 heteroatoms. The molecule has 0 heterocycles. The Morgan fingerprint density at radius 2 is 2.14 bits per heavy atom. The Morgan fingerprint density at radius 3 is 2.81 bits per heavy atom. The zero-order valence-electron chi connectivity index (χ0n) is 12.3. The van der Waals surface area contributed by atoms with Gasteiger partial charge in [0, 0.05) is 18.7 Å². The quantitative estimate of drug-likeness (QED) is 0.669. The Labute approximate surface area is 130 Å². The zero-order valence-corrected chi connectivity index (χ0v) is 13.1. The Morgan fingerprint density at radius 1 is 1.43 bits per heavy atom. The number of nitro groups is 1. The molecule has 2 rings (SSSR count). The van der Waals surface area contributed by atoms with Crippen molar-refractivity contribution in [3.63, 3.8) is 0 Å². The lowest BCUT2D eigenvalue weighted by Crippen LogP contribution is -2.42. The van der Waals surface area contributed by atoms with Crippen molar-refractivity contribution in [3.05, 3.63) is 38.9 Å². The van der Waals surface area contributed by atoms with Crippen molar-refractivity contribution >= 4 is 17.3 Å². The first-order valence-corrected chi connectivity index (χ1v) is 7.74. The zero-order chi connectivity index (χ0) is 15.4. The maximum absolute atomic E-state index is 11.0. The normalized spacial score (nSPS) is 22.5. The highest BCUT2D eigenvalue weighted by Crippen LogP contribution is 2.29. The fraction of sp³-hybridized carbons (Fsp3) is 0.600. The van der Waals surface area contributed by atoms with Crippen LogP contribution in [0, 0.1) is 16.0 Å². The molecule has 0 spiro atoms. The minimum absolute atomic E-state index is 0.0263. The topological polar surface area (TPSA) is 72.4 Å². The van der Waals surface area contributed by atoms with Crippen molar-refractivity contribution in [1.82, 2.24) is 4.90 Å². The molecule has 2 atom stereocenters. The van der Waals surface area contributed by atoms with Crippen LogP contribution >= 0.6 is 11.6 Å². The SMILES string of the molecule is CN(Cc1ccc(Cl)c([N+](=O)[O-])c1)C1CCCCC1CN. The summed E-state index contributed by atoms with van der Waals surface area (Å²) in [4.78, 5) is 12.8. The van der Waals surface area contributed by atoms with Gasteiger partial charge < -0.3 is 5.73 Å². The van der Waals surface area contributed by atoms with E-state index in [0.717, 1.165) is 12.0 Å². The van der Waals surface area contributed by atoms with E-state index in [2.05, 4.69) is 11.9 Å². The first kappa shape index (κ1) is 16.2. The fourth-order valence-electron chi connectivity index (χ4n) is 3.25. The van der Waals surface area contributed by atoms with Gasteiger partial charge in [-0.2, -0.15) is 0 Å². The highest BCUT2D eigenvalue weighted by Gasteiger charge is 2.27. The molecule has 0 aromatic heterocycles. The van der Waals surface area contributed by atoms with Gasteiger partial charge in [0.25, 0.3) is 5.69 Å². The third-order valence-corrected chi connectivity index (χ3v) is 4.70. The van der Waals surface area contributed by atoms with Crippen molar-refractivity contribution in [2.75, 3.05) is 13.6 Å². The minimum Gasteiger partial charge on any atom is -0.330 e. The lowest BCUT2D eigenvalue weighted by Gasteiger charge is -2.37. The van der Waals surface area contributed by atoms with Crippen molar-refractivity contribution in [2.45, 2.75) is 38.3 Å². The Kier molecular flexibility index (Phi) is 5.56. The highest BCUT2D eigenvalue weighted by atomic mass is 35.5. The maximum Gasteiger partial charge on any atom is 0.288 e. The molecule has 0 radical (unpaired) electrons. The number of halogens is 1. The molecule has 1 aliphatic carbocycles. The molecule has 1 aromatic rings. The third kappa shape index (κ3) is 3.93. The van der Waals surface area contributed by atoms with Crippen LogP contribution in [0.5, 0.6) is 0 Å². The Bertz CT molecular complexity index is 510. The van der Waals surface area contributed by atoms with Crippen molar-refractivity contribution in [2.24, 2.45) is 11.7 Å². The van der Waals surface area contributed by atoms with Crippen LogP contribution in [0.1, 0.15) is 31.2 Å². The summed E-state index contributed by atoms with van der Waals surface area (Å²) < 4.78 is 0. The second-order valence-electron chi connectivity index (χ2n) is 5.81. The van der Waals surface area contributed by atoms with Gasteiger partial charge in [0.1, 0.15) is 5.02 Å². The first-order valence-electron chi connectivity index (χ1n) is 7.36. The molecule has 1 fully saturated rings. The van der Waals surface area contributed by atoms with E-state index in [-0.39, 0.29) is 10.7 Å². The first-order chi connectivity index (χ1) is 10.0. The van der Waals surface area contributed by atoms with Crippen LogP contribution < -0.4 is 5.73 Å². The number of rotatable bonds is 5. The molecule has 116 valence electrons. The van der Waals surface area contributed by atoms with E-state index in [1.54, 1.807) is 12.1 Å². The molecule has 0 amide bonds. The average Bonchev–Trinajstić information content (AvgIpc) is 2.48. The lowest BCUT2D eigenvalue weighted by molar-refractivity contribution is -0.384. The standard InChI is InChI=1S/C15H22ClN3O2/c1-18(14-5-3-2-4-12(14)9-17)10-11-6-7-13(16)15(8-11)19(20)21/h6-8,12,14H,2-5,9-10,17H2,1H3. The fourth-order valence-corrected chi connectivity index (χ4v) is 3.43. The molecule has 1 aliphatic rings. The number of hydrogen-bond acceptors (Lipinski definition) is 4. The minimum atomic E-state index is -0.435. The molecule has 0 aliphatic heterocycles. The van der Waals surface area contributed by atoms with Gasteiger partial charge in [-0.3, -0.25) is 15.0 Å². The molecule has 2 unspecified atom stereocenters. The summed E-state index contributed by atoms with van der Waals surface area (Å²) >= 11 is 5.85. The molecule has 1 aromatic carbocycles. The lowest BCUT2D eigenvalue weighted by atomic mass is 9.83. The van der Waals surface area contributed by atoms with Gasteiger partial charge in [-0.15, -0.1) is 0 Å². The molecule has 0 bridgehead atoms. The van der Waals surface area contributed by atoms with Crippen LogP contribution in [0.4, 0.5) is 5.69 Å². The van der Waals surface area contributed by atoms with E-state index in [1.807, 2.05) is 6.07 Å². The van der Waals surface area contributed by atoms with Gasteiger partial charge in [0.15, 0.2) is 0 Å². The van der Waals surface area contributed by atoms with Crippen molar-refractivity contribution in [3.8, 4) is 0 Å². The molecular weight excluding hydrogens is 290 g/mol.